The van der Waals surface area contributed by atoms with Gasteiger partial charge in [-0.2, -0.15) is 26.3 Å². The quantitative estimate of drug-likeness (QED) is 0.290. The summed E-state index contributed by atoms with van der Waals surface area (Å²) in [4.78, 5) is 16.7. The summed E-state index contributed by atoms with van der Waals surface area (Å²) in [5.74, 6) is -1.26. The highest BCUT2D eigenvalue weighted by atomic mass is 19.4. The zero-order valence-electron chi connectivity index (χ0n) is 19.8. The molecule has 0 bridgehead atoms. The molecule has 0 radical (unpaired) electrons. The third-order valence-electron chi connectivity index (χ3n) is 5.08. The predicted octanol–water partition coefficient (Wildman–Crippen LogP) is 5.98. The average molecular weight is 530 g/mol. The van der Waals surface area contributed by atoms with Crippen molar-refractivity contribution in [2.45, 2.75) is 44.2 Å². The van der Waals surface area contributed by atoms with Gasteiger partial charge in [0.25, 0.3) is 0 Å². The van der Waals surface area contributed by atoms with Crippen LogP contribution in [-0.2, 0) is 18.1 Å². The molecule has 4 N–H and O–H groups in total. The van der Waals surface area contributed by atoms with Gasteiger partial charge in [0.15, 0.2) is 0 Å². The van der Waals surface area contributed by atoms with E-state index in [0.29, 0.717) is 23.9 Å². The highest BCUT2D eigenvalue weighted by molar-refractivity contribution is 5.77. The van der Waals surface area contributed by atoms with E-state index in [1.165, 1.54) is 0 Å². The number of urea groups is 1. The number of carbonyl (C=O) groups is 1. The Morgan fingerprint density at radius 2 is 1.65 bits per heavy atom. The largest absolute Gasteiger partial charge is 0.430 e. The highest BCUT2D eigenvalue weighted by Gasteiger charge is 2.41. The fraction of sp³-hybridized carbons (Fsp3) is 0.280. The minimum absolute atomic E-state index is 0.269. The standard InChI is InChI=1S/C25H25F7N4O/c1-15(2)35-22(37)36-23(14-17-7-5-4-6-8-17,16(3)34-10-9-21(33)25(30,31)32)18-11-19(24(27,28)29)13-20(26)12-18/h4-13,15H,3,14,33H2,1-2H3,(H2,35,36,37)/b21-9-,34-10?/t23-/m1/s1. The number of benzene rings is 2. The molecule has 1 atom stereocenters. The highest BCUT2D eigenvalue weighted by Crippen LogP contribution is 2.38. The second-order valence-electron chi connectivity index (χ2n) is 8.39. The van der Waals surface area contributed by atoms with Gasteiger partial charge in [0.1, 0.15) is 17.1 Å². The summed E-state index contributed by atoms with van der Waals surface area (Å²) in [5.41, 5.74) is -0.159. The maximum absolute atomic E-state index is 14.5. The summed E-state index contributed by atoms with van der Waals surface area (Å²) in [5, 5.41) is 5.05. The van der Waals surface area contributed by atoms with Gasteiger partial charge in [-0.25, -0.2) is 9.18 Å². The SMILES string of the molecule is C=C(N=C/C=C(\N)C(F)(F)F)[C@@](Cc1ccccc1)(NC(=O)NC(C)C)c1cc(F)cc(C(F)(F)F)c1. The van der Waals surface area contributed by atoms with E-state index in [1.807, 2.05) is 0 Å². The van der Waals surface area contributed by atoms with Crippen LogP contribution in [0.25, 0.3) is 0 Å². The Morgan fingerprint density at radius 3 is 2.19 bits per heavy atom. The van der Waals surface area contributed by atoms with Gasteiger partial charge in [0.05, 0.1) is 11.3 Å². The minimum Gasteiger partial charge on any atom is -0.395 e. The number of nitrogens with zero attached hydrogens (tertiary/aromatic N) is 1. The van der Waals surface area contributed by atoms with Crippen molar-refractivity contribution >= 4 is 12.2 Å². The Kier molecular flexibility index (Phi) is 9.13. The summed E-state index contributed by atoms with van der Waals surface area (Å²) in [7, 11) is 0. The van der Waals surface area contributed by atoms with Crippen molar-refractivity contribution in [1.29, 1.82) is 0 Å². The number of rotatable bonds is 8. The summed E-state index contributed by atoms with van der Waals surface area (Å²) >= 11 is 0. The van der Waals surface area contributed by atoms with Crippen LogP contribution in [0.5, 0.6) is 0 Å². The number of aliphatic imine (C=N–C) groups is 1. The van der Waals surface area contributed by atoms with Crippen molar-refractivity contribution in [3.8, 4) is 0 Å². The first kappa shape index (κ1) is 29.4. The van der Waals surface area contributed by atoms with Gasteiger partial charge in [-0.05, 0) is 49.2 Å². The number of amides is 2. The molecule has 200 valence electrons. The molecular weight excluding hydrogens is 505 g/mol. The van der Waals surface area contributed by atoms with E-state index in [9.17, 15) is 35.5 Å². The Bertz CT molecular complexity index is 1170. The molecule has 0 heterocycles. The van der Waals surface area contributed by atoms with Crippen LogP contribution in [-0.4, -0.2) is 24.5 Å². The van der Waals surface area contributed by atoms with Gasteiger partial charge in [0, 0.05) is 18.7 Å². The molecule has 0 aliphatic carbocycles. The molecule has 0 fully saturated rings. The number of nitrogens with one attached hydrogen (secondary N) is 2. The van der Waals surface area contributed by atoms with Crippen LogP contribution in [0.4, 0.5) is 35.5 Å². The number of hydrogen-bond acceptors (Lipinski definition) is 3. The fourth-order valence-electron chi connectivity index (χ4n) is 3.37. The van der Waals surface area contributed by atoms with Gasteiger partial charge < -0.3 is 16.4 Å². The van der Waals surface area contributed by atoms with Gasteiger partial charge in [-0.3, -0.25) is 4.99 Å². The Morgan fingerprint density at radius 1 is 1.05 bits per heavy atom. The lowest BCUT2D eigenvalue weighted by Crippen LogP contribution is -2.53. The van der Waals surface area contributed by atoms with Gasteiger partial charge in [-0.15, -0.1) is 0 Å². The number of allylic oxidation sites excluding steroid dienone is 2. The maximum Gasteiger partial charge on any atom is 0.430 e. The number of carbonyl (C=O) groups excluding carboxylic acids is 1. The van der Waals surface area contributed by atoms with E-state index in [1.54, 1.807) is 44.2 Å². The van der Waals surface area contributed by atoms with E-state index in [4.69, 9.17) is 5.73 Å². The molecule has 5 nitrogen and oxygen atoms in total. The molecule has 2 aromatic rings. The molecule has 0 aromatic heterocycles. The van der Waals surface area contributed by atoms with Crippen molar-refractivity contribution in [3.05, 3.63) is 95.1 Å². The fourth-order valence-corrected chi connectivity index (χ4v) is 3.37. The summed E-state index contributed by atoms with van der Waals surface area (Å²) in [6.45, 7) is 6.97. The van der Waals surface area contributed by atoms with Crippen molar-refractivity contribution in [1.82, 2.24) is 10.6 Å². The van der Waals surface area contributed by atoms with Crippen molar-refractivity contribution in [2.75, 3.05) is 0 Å². The summed E-state index contributed by atoms with van der Waals surface area (Å²) in [6.07, 6.45) is -8.98. The molecule has 0 spiro atoms. The van der Waals surface area contributed by atoms with Gasteiger partial charge in [-0.1, -0.05) is 36.9 Å². The van der Waals surface area contributed by atoms with Crippen LogP contribution >= 0.6 is 0 Å². The van der Waals surface area contributed by atoms with Crippen LogP contribution in [0.15, 0.2) is 77.6 Å². The van der Waals surface area contributed by atoms with Crippen LogP contribution in [0.3, 0.4) is 0 Å². The van der Waals surface area contributed by atoms with Crippen LogP contribution in [0.2, 0.25) is 0 Å². The molecule has 2 aromatic carbocycles. The van der Waals surface area contributed by atoms with Crippen molar-refractivity contribution in [2.24, 2.45) is 10.7 Å². The molecule has 0 unspecified atom stereocenters. The lowest BCUT2D eigenvalue weighted by Gasteiger charge is -2.36. The average Bonchev–Trinajstić information content (AvgIpc) is 2.76. The maximum atomic E-state index is 14.5. The number of alkyl halides is 6. The molecule has 0 aliphatic rings. The smallest absolute Gasteiger partial charge is 0.395 e. The van der Waals surface area contributed by atoms with Crippen LogP contribution in [0, 0.1) is 5.82 Å². The third-order valence-corrected chi connectivity index (χ3v) is 5.08. The van der Waals surface area contributed by atoms with E-state index >= 15 is 0 Å². The molecular formula is C25H25F7N4O. The Balaban J connectivity index is 2.78. The summed E-state index contributed by atoms with van der Waals surface area (Å²) < 4.78 is 93.4. The second-order valence-corrected chi connectivity index (χ2v) is 8.39. The van der Waals surface area contributed by atoms with Gasteiger partial charge >= 0.3 is 18.4 Å². The zero-order valence-corrected chi connectivity index (χ0v) is 19.8. The molecule has 12 heteroatoms. The third kappa shape index (κ3) is 8.09. The van der Waals surface area contributed by atoms with Crippen molar-refractivity contribution < 1.29 is 35.5 Å². The van der Waals surface area contributed by atoms with Crippen LogP contribution < -0.4 is 16.4 Å². The van der Waals surface area contributed by atoms with Gasteiger partial charge in [0.2, 0.25) is 0 Å². The molecule has 37 heavy (non-hydrogen) atoms. The Hall–Kier alpha value is -3.83. The van der Waals surface area contributed by atoms with Crippen molar-refractivity contribution in [3.63, 3.8) is 0 Å². The first-order valence-corrected chi connectivity index (χ1v) is 10.8. The van der Waals surface area contributed by atoms with Crippen LogP contribution in [0.1, 0.15) is 30.5 Å². The second kappa shape index (κ2) is 11.5. The monoisotopic (exact) mass is 530 g/mol. The molecule has 0 aliphatic heterocycles. The summed E-state index contributed by atoms with van der Waals surface area (Å²) in [6, 6.07) is 8.54. The topological polar surface area (TPSA) is 79.5 Å². The zero-order chi connectivity index (χ0) is 28.0. The number of hydrogen-bond donors (Lipinski definition) is 3. The molecule has 0 saturated carbocycles. The van der Waals surface area contributed by atoms with E-state index in [0.717, 1.165) is 6.07 Å². The normalized spacial score (nSPS) is 14.5. The Labute approximate surface area is 209 Å². The number of nitrogens with two attached hydrogens (primary N) is 1. The predicted molar refractivity (Wildman–Crippen MR) is 126 cm³/mol. The molecule has 2 amide bonds. The minimum atomic E-state index is -4.94. The van der Waals surface area contributed by atoms with E-state index in [2.05, 4.69) is 22.2 Å². The van der Waals surface area contributed by atoms with E-state index in [-0.39, 0.29) is 23.7 Å². The lowest BCUT2D eigenvalue weighted by atomic mass is 9.80. The van der Waals surface area contributed by atoms with E-state index < -0.39 is 47.0 Å². The lowest BCUT2D eigenvalue weighted by molar-refractivity contribution is -0.137. The molecule has 2 rings (SSSR count). The first-order chi connectivity index (χ1) is 17.0. The number of halogens is 7. The molecule has 0 saturated heterocycles. The first-order valence-electron chi connectivity index (χ1n) is 10.8.